The van der Waals surface area contributed by atoms with Gasteiger partial charge in [0.2, 0.25) is 11.6 Å². The van der Waals surface area contributed by atoms with Gasteiger partial charge in [0.25, 0.3) is 0 Å². The van der Waals surface area contributed by atoms with E-state index in [4.69, 9.17) is 0 Å². The minimum absolute atomic E-state index is 0.0437. The number of benzene rings is 2. The number of aryl methyl sites for hydroxylation is 2. The van der Waals surface area contributed by atoms with Crippen molar-refractivity contribution in [2.45, 2.75) is 46.0 Å². The average Bonchev–Trinajstić information content (AvgIpc) is 2.64. The zero-order chi connectivity index (χ0) is 18.8. The number of ketones is 2. The highest BCUT2D eigenvalue weighted by molar-refractivity contribution is 6.52. The van der Waals surface area contributed by atoms with E-state index in [1.165, 1.54) is 16.7 Å². The summed E-state index contributed by atoms with van der Waals surface area (Å²) >= 11 is 0. The van der Waals surface area contributed by atoms with E-state index in [1.54, 1.807) is 24.3 Å². The maximum atomic E-state index is 12.4. The molecular weight excluding hydrogens is 324 g/mol. The molecule has 0 spiro atoms. The van der Waals surface area contributed by atoms with Crippen LogP contribution in [0.25, 0.3) is 5.76 Å². The molecule has 0 amide bonds. The SMILES string of the molecule is Cc1ccc(C(C)C)cc1CCCC1=C(O)c2ccccc2C(=O)C1=O. The van der Waals surface area contributed by atoms with Gasteiger partial charge >= 0.3 is 0 Å². The number of aliphatic hydroxyl groups excluding tert-OH is 1. The van der Waals surface area contributed by atoms with Crippen LogP contribution in [0.15, 0.2) is 48.0 Å². The maximum Gasteiger partial charge on any atom is 0.234 e. The monoisotopic (exact) mass is 348 g/mol. The van der Waals surface area contributed by atoms with Gasteiger partial charge in [-0.2, -0.15) is 0 Å². The van der Waals surface area contributed by atoms with Gasteiger partial charge in [0, 0.05) is 16.7 Å². The molecule has 2 aromatic carbocycles. The lowest BCUT2D eigenvalue weighted by Crippen LogP contribution is -2.24. The first-order valence-electron chi connectivity index (χ1n) is 9.10. The number of carbonyl (C=O) groups excluding carboxylic acids is 2. The zero-order valence-electron chi connectivity index (χ0n) is 15.5. The molecule has 0 radical (unpaired) electrons. The first-order chi connectivity index (χ1) is 12.4. The Morgan fingerprint density at radius 1 is 0.923 bits per heavy atom. The van der Waals surface area contributed by atoms with Crippen LogP contribution >= 0.6 is 0 Å². The van der Waals surface area contributed by atoms with Crippen LogP contribution in [0.2, 0.25) is 0 Å². The van der Waals surface area contributed by atoms with Crippen LogP contribution in [-0.2, 0) is 11.2 Å². The van der Waals surface area contributed by atoms with Gasteiger partial charge in [0.15, 0.2) is 0 Å². The van der Waals surface area contributed by atoms with Gasteiger partial charge in [-0.1, -0.05) is 56.3 Å². The predicted octanol–water partition coefficient (Wildman–Crippen LogP) is 5.18. The van der Waals surface area contributed by atoms with E-state index in [-0.39, 0.29) is 11.3 Å². The van der Waals surface area contributed by atoms with Crippen molar-refractivity contribution in [3.63, 3.8) is 0 Å². The first kappa shape index (κ1) is 18.1. The van der Waals surface area contributed by atoms with E-state index >= 15 is 0 Å². The van der Waals surface area contributed by atoms with Gasteiger partial charge in [-0.05, 0) is 48.8 Å². The number of Topliss-reactive ketones (excluding diaryl/α,β-unsaturated/α-hetero) is 2. The molecule has 1 aliphatic carbocycles. The van der Waals surface area contributed by atoms with Crippen molar-refractivity contribution < 1.29 is 14.7 Å². The second-order valence-electron chi connectivity index (χ2n) is 7.23. The quantitative estimate of drug-likeness (QED) is 0.758. The highest BCUT2D eigenvalue weighted by atomic mass is 16.3. The third kappa shape index (κ3) is 3.34. The molecule has 0 aromatic heterocycles. The van der Waals surface area contributed by atoms with Gasteiger partial charge in [-0.15, -0.1) is 0 Å². The predicted molar refractivity (Wildman–Crippen MR) is 104 cm³/mol. The molecule has 0 unspecified atom stereocenters. The average molecular weight is 348 g/mol. The van der Waals surface area contributed by atoms with Crippen molar-refractivity contribution in [2.75, 3.05) is 0 Å². The van der Waals surface area contributed by atoms with E-state index < -0.39 is 11.6 Å². The van der Waals surface area contributed by atoms with Crippen molar-refractivity contribution in [1.82, 2.24) is 0 Å². The number of rotatable bonds is 5. The molecule has 0 saturated heterocycles. The van der Waals surface area contributed by atoms with E-state index in [0.29, 0.717) is 29.9 Å². The Balaban J connectivity index is 1.79. The van der Waals surface area contributed by atoms with Crippen molar-refractivity contribution >= 4 is 17.3 Å². The molecule has 0 bridgehead atoms. The van der Waals surface area contributed by atoms with E-state index in [0.717, 1.165) is 6.42 Å². The molecule has 0 heterocycles. The van der Waals surface area contributed by atoms with Crippen LogP contribution in [0.3, 0.4) is 0 Å². The normalized spacial score (nSPS) is 14.2. The summed E-state index contributed by atoms with van der Waals surface area (Å²) in [4.78, 5) is 24.7. The Kier molecular flexibility index (Phi) is 5.08. The standard InChI is InChI=1S/C23H24O3/c1-14(2)16-12-11-15(3)17(13-16)7-6-10-20-21(24)18-8-4-5-9-19(18)22(25)23(20)26/h4-5,8-9,11-14,24H,6-7,10H2,1-3H3. The minimum Gasteiger partial charge on any atom is -0.507 e. The fourth-order valence-corrected chi connectivity index (χ4v) is 3.42. The molecular formula is C23H24O3. The minimum atomic E-state index is -0.575. The van der Waals surface area contributed by atoms with Crippen molar-refractivity contribution in [2.24, 2.45) is 0 Å². The van der Waals surface area contributed by atoms with Gasteiger partial charge in [-0.3, -0.25) is 9.59 Å². The molecule has 2 aromatic rings. The summed E-state index contributed by atoms with van der Waals surface area (Å²) < 4.78 is 0. The van der Waals surface area contributed by atoms with Gasteiger partial charge in [0.05, 0.1) is 0 Å². The number of fused-ring (bicyclic) bond motifs is 1. The maximum absolute atomic E-state index is 12.4. The number of hydrogen-bond donors (Lipinski definition) is 1. The molecule has 3 rings (SSSR count). The van der Waals surface area contributed by atoms with Crippen LogP contribution in [0.4, 0.5) is 0 Å². The summed E-state index contributed by atoms with van der Waals surface area (Å²) in [6.07, 6.45) is 1.92. The van der Waals surface area contributed by atoms with E-state index in [9.17, 15) is 14.7 Å². The van der Waals surface area contributed by atoms with Crippen LogP contribution < -0.4 is 0 Å². The van der Waals surface area contributed by atoms with Crippen molar-refractivity contribution in [3.8, 4) is 0 Å². The lowest BCUT2D eigenvalue weighted by atomic mass is 9.86. The van der Waals surface area contributed by atoms with E-state index in [2.05, 4.69) is 39.0 Å². The Morgan fingerprint density at radius 2 is 1.62 bits per heavy atom. The fourth-order valence-electron chi connectivity index (χ4n) is 3.42. The van der Waals surface area contributed by atoms with E-state index in [1.807, 2.05) is 0 Å². The lowest BCUT2D eigenvalue weighted by Gasteiger charge is -2.18. The number of allylic oxidation sites excluding steroid dienone is 1. The summed E-state index contributed by atoms with van der Waals surface area (Å²) in [7, 11) is 0. The molecule has 1 aliphatic rings. The number of hydrogen-bond acceptors (Lipinski definition) is 3. The molecule has 0 fully saturated rings. The first-order valence-corrected chi connectivity index (χ1v) is 9.10. The summed E-state index contributed by atoms with van der Waals surface area (Å²) in [5, 5.41) is 10.5. The molecule has 134 valence electrons. The Hall–Kier alpha value is -2.68. The number of carbonyl (C=O) groups is 2. The summed E-state index contributed by atoms with van der Waals surface area (Å²) in [6.45, 7) is 6.42. The van der Waals surface area contributed by atoms with Gasteiger partial charge in [0.1, 0.15) is 5.76 Å². The second kappa shape index (κ2) is 7.28. The Labute approximate surface area is 154 Å². The molecule has 1 N–H and O–H groups in total. The molecule has 0 atom stereocenters. The van der Waals surface area contributed by atoms with Crippen LogP contribution in [0.1, 0.15) is 65.2 Å². The zero-order valence-corrected chi connectivity index (χ0v) is 15.5. The van der Waals surface area contributed by atoms with Crippen LogP contribution in [0.5, 0.6) is 0 Å². The highest BCUT2D eigenvalue weighted by Crippen LogP contribution is 2.30. The fraction of sp³-hybridized carbons (Fsp3) is 0.304. The van der Waals surface area contributed by atoms with Crippen molar-refractivity contribution in [1.29, 1.82) is 0 Å². The second-order valence-corrected chi connectivity index (χ2v) is 7.23. The molecule has 3 nitrogen and oxygen atoms in total. The molecule has 0 aliphatic heterocycles. The lowest BCUT2D eigenvalue weighted by molar-refractivity contribution is -0.112. The third-order valence-electron chi connectivity index (χ3n) is 5.11. The van der Waals surface area contributed by atoms with Crippen LogP contribution in [-0.4, -0.2) is 16.7 Å². The van der Waals surface area contributed by atoms with Crippen LogP contribution in [0, 0.1) is 6.92 Å². The van der Waals surface area contributed by atoms with Gasteiger partial charge < -0.3 is 5.11 Å². The largest absolute Gasteiger partial charge is 0.507 e. The number of aliphatic hydroxyl groups is 1. The molecule has 3 heteroatoms. The molecule has 0 saturated carbocycles. The Bertz CT molecular complexity index is 903. The molecule has 26 heavy (non-hydrogen) atoms. The Morgan fingerprint density at radius 3 is 2.31 bits per heavy atom. The third-order valence-corrected chi connectivity index (χ3v) is 5.11. The topological polar surface area (TPSA) is 54.4 Å². The summed E-state index contributed by atoms with van der Waals surface area (Å²) in [5.41, 5.74) is 4.77. The van der Waals surface area contributed by atoms with Crippen molar-refractivity contribution in [3.05, 3.63) is 75.9 Å². The van der Waals surface area contributed by atoms with Gasteiger partial charge in [-0.25, -0.2) is 0 Å². The summed E-state index contributed by atoms with van der Waals surface area (Å²) in [5.74, 6) is -0.673. The smallest absolute Gasteiger partial charge is 0.234 e. The summed E-state index contributed by atoms with van der Waals surface area (Å²) in [6, 6.07) is 13.2. The highest BCUT2D eigenvalue weighted by Gasteiger charge is 2.31.